The molecule has 1 aromatic rings. The van der Waals surface area contributed by atoms with Crippen LogP contribution in [0.2, 0.25) is 0 Å². The molecule has 0 aliphatic carbocycles. The van der Waals surface area contributed by atoms with E-state index in [0.29, 0.717) is 12.1 Å². The van der Waals surface area contributed by atoms with Gasteiger partial charge in [0.2, 0.25) is 0 Å². The quantitative estimate of drug-likeness (QED) is 0.590. The van der Waals surface area contributed by atoms with Gasteiger partial charge in [-0.25, -0.2) is 0 Å². The van der Waals surface area contributed by atoms with E-state index in [1.807, 2.05) is 13.8 Å². The molecule has 0 radical (unpaired) electrons. The second-order valence-corrected chi connectivity index (χ2v) is 4.32. The van der Waals surface area contributed by atoms with Crippen LogP contribution in [-0.2, 0) is 0 Å². The zero-order valence-electron chi connectivity index (χ0n) is 10.1. The summed E-state index contributed by atoms with van der Waals surface area (Å²) in [5.41, 5.74) is 0.527. The van der Waals surface area contributed by atoms with E-state index < -0.39 is 4.92 Å². The van der Waals surface area contributed by atoms with Crippen molar-refractivity contribution in [1.82, 2.24) is 0 Å². The fourth-order valence-electron chi connectivity index (χ4n) is 1.62. The van der Waals surface area contributed by atoms with E-state index in [9.17, 15) is 10.1 Å². The van der Waals surface area contributed by atoms with E-state index in [2.05, 4.69) is 5.32 Å². The van der Waals surface area contributed by atoms with Crippen molar-refractivity contribution in [2.24, 2.45) is 0 Å². The minimum Gasteiger partial charge on any atom is -0.396 e. The maximum Gasteiger partial charge on any atom is 0.271 e. The fraction of sp³-hybridized carbons (Fsp3) is 0.500. The van der Waals surface area contributed by atoms with Crippen LogP contribution < -0.4 is 5.32 Å². The molecule has 0 bridgehead atoms. The Morgan fingerprint density at radius 2 is 2.24 bits per heavy atom. The lowest BCUT2D eigenvalue weighted by atomic mass is 9.94. The Hall–Kier alpha value is -1.62. The number of nitrogens with one attached hydrogen (secondary N) is 1. The van der Waals surface area contributed by atoms with Crippen LogP contribution in [0, 0.1) is 10.1 Å². The number of anilines is 1. The predicted octanol–water partition coefficient (Wildman–Crippen LogP) is 2.56. The normalized spacial score (nSPS) is 14.1. The van der Waals surface area contributed by atoms with Gasteiger partial charge in [0, 0.05) is 30.0 Å². The summed E-state index contributed by atoms with van der Waals surface area (Å²) in [4.78, 5) is 10.2. The number of rotatable bonds is 6. The van der Waals surface area contributed by atoms with Crippen LogP contribution in [0.1, 0.15) is 26.7 Å². The van der Waals surface area contributed by atoms with E-state index in [1.165, 1.54) is 12.1 Å². The van der Waals surface area contributed by atoms with Crippen molar-refractivity contribution in [2.75, 3.05) is 11.9 Å². The highest BCUT2D eigenvalue weighted by Gasteiger charge is 2.21. The molecule has 1 aromatic carbocycles. The van der Waals surface area contributed by atoms with Crippen LogP contribution in [0.25, 0.3) is 0 Å². The first-order chi connectivity index (χ1) is 8.00. The molecule has 0 aliphatic rings. The first-order valence-corrected chi connectivity index (χ1v) is 5.64. The molecule has 1 atom stereocenters. The number of hydrogen-bond donors (Lipinski definition) is 2. The van der Waals surface area contributed by atoms with Crippen molar-refractivity contribution >= 4 is 11.4 Å². The van der Waals surface area contributed by atoms with Crippen molar-refractivity contribution < 1.29 is 10.0 Å². The van der Waals surface area contributed by atoms with Crippen molar-refractivity contribution in [3.63, 3.8) is 0 Å². The van der Waals surface area contributed by atoms with E-state index in [1.54, 1.807) is 12.1 Å². The summed E-state index contributed by atoms with van der Waals surface area (Å²) < 4.78 is 0. The summed E-state index contributed by atoms with van der Waals surface area (Å²) in [6, 6.07) is 6.40. The molecule has 0 saturated heterocycles. The molecule has 0 aliphatic heterocycles. The minimum atomic E-state index is -0.416. The summed E-state index contributed by atoms with van der Waals surface area (Å²) in [5, 5.41) is 22.9. The Kier molecular flexibility index (Phi) is 4.45. The lowest BCUT2D eigenvalue weighted by Crippen LogP contribution is -2.34. The Balaban J connectivity index is 2.86. The van der Waals surface area contributed by atoms with Gasteiger partial charge in [-0.05, 0) is 25.8 Å². The van der Waals surface area contributed by atoms with Crippen LogP contribution in [-0.4, -0.2) is 22.2 Å². The monoisotopic (exact) mass is 238 g/mol. The molecule has 0 fully saturated rings. The average molecular weight is 238 g/mol. The van der Waals surface area contributed by atoms with Gasteiger partial charge in [-0.1, -0.05) is 13.0 Å². The number of nitro groups is 1. The van der Waals surface area contributed by atoms with Crippen molar-refractivity contribution in [3.8, 4) is 0 Å². The van der Waals surface area contributed by atoms with Crippen molar-refractivity contribution in [2.45, 2.75) is 32.2 Å². The number of aliphatic hydroxyl groups is 1. The van der Waals surface area contributed by atoms with Gasteiger partial charge in [0.05, 0.1) is 4.92 Å². The standard InChI is InChI=1S/C12H18N2O3/c1-3-12(2,7-8-15)13-10-5-4-6-11(9-10)14(16)17/h4-6,9,13,15H,3,7-8H2,1-2H3. The Morgan fingerprint density at radius 3 is 2.76 bits per heavy atom. The second kappa shape index (κ2) is 5.63. The maximum atomic E-state index is 10.7. The lowest BCUT2D eigenvalue weighted by molar-refractivity contribution is -0.384. The van der Waals surface area contributed by atoms with Crippen LogP contribution in [0.15, 0.2) is 24.3 Å². The third kappa shape index (κ3) is 3.71. The minimum absolute atomic E-state index is 0.0671. The number of benzene rings is 1. The highest BCUT2D eigenvalue weighted by atomic mass is 16.6. The number of non-ortho nitro benzene ring substituents is 1. The Morgan fingerprint density at radius 1 is 1.53 bits per heavy atom. The summed E-state index contributed by atoms with van der Waals surface area (Å²) in [5.74, 6) is 0. The molecule has 0 spiro atoms. The third-order valence-corrected chi connectivity index (χ3v) is 2.95. The smallest absolute Gasteiger partial charge is 0.271 e. The molecule has 94 valence electrons. The van der Waals surface area contributed by atoms with E-state index in [4.69, 9.17) is 5.11 Å². The van der Waals surface area contributed by atoms with Gasteiger partial charge in [0.15, 0.2) is 0 Å². The fourth-order valence-corrected chi connectivity index (χ4v) is 1.62. The summed E-state index contributed by atoms with van der Waals surface area (Å²) >= 11 is 0. The van der Waals surface area contributed by atoms with Crippen LogP contribution in [0.4, 0.5) is 11.4 Å². The van der Waals surface area contributed by atoms with Gasteiger partial charge >= 0.3 is 0 Å². The topological polar surface area (TPSA) is 75.4 Å². The molecule has 1 rings (SSSR count). The van der Waals surface area contributed by atoms with Gasteiger partial charge in [-0.15, -0.1) is 0 Å². The molecule has 5 nitrogen and oxygen atoms in total. The van der Waals surface area contributed by atoms with Crippen LogP contribution in [0.5, 0.6) is 0 Å². The molecular formula is C12H18N2O3. The maximum absolute atomic E-state index is 10.7. The number of hydrogen-bond acceptors (Lipinski definition) is 4. The largest absolute Gasteiger partial charge is 0.396 e. The zero-order chi connectivity index (χ0) is 12.9. The molecule has 2 N–H and O–H groups in total. The number of nitrogens with zero attached hydrogens (tertiary/aromatic N) is 1. The molecule has 17 heavy (non-hydrogen) atoms. The highest BCUT2D eigenvalue weighted by Crippen LogP contribution is 2.24. The predicted molar refractivity (Wildman–Crippen MR) is 67.1 cm³/mol. The highest BCUT2D eigenvalue weighted by molar-refractivity contribution is 5.52. The first kappa shape index (κ1) is 13.4. The van der Waals surface area contributed by atoms with E-state index >= 15 is 0 Å². The van der Waals surface area contributed by atoms with Gasteiger partial charge in [0.25, 0.3) is 5.69 Å². The summed E-state index contributed by atoms with van der Waals surface area (Å²) in [6.45, 7) is 4.09. The average Bonchev–Trinajstić information content (AvgIpc) is 2.29. The second-order valence-electron chi connectivity index (χ2n) is 4.32. The number of nitro benzene ring substituents is 1. The molecular weight excluding hydrogens is 220 g/mol. The van der Waals surface area contributed by atoms with Gasteiger partial charge in [0.1, 0.15) is 0 Å². The van der Waals surface area contributed by atoms with Crippen LogP contribution >= 0.6 is 0 Å². The van der Waals surface area contributed by atoms with Gasteiger partial charge in [-0.3, -0.25) is 10.1 Å². The Labute approximate surface area is 101 Å². The zero-order valence-corrected chi connectivity index (χ0v) is 10.1. The molecule has 5 heteroatoms. The van der Waals surface area contributed by atoms with E-state index in [0.717, 1.165) is 6.42 Å². The molecule has 1 unspecified atom stereocenters. The summed E-state index contributed by atoms with van der Waals surface area (Å²) in [6.07, 6.45) is 1.43. The van der Waals surface area contributed by atoms with E-state index in [-0.39, 0.29) is 17.8 Å². The molecule has 0 aromatic heterocycles. The molecule has 0 amide bonds. The van der Waals surface area contributed by atoms with Crippen molar-refractivity contribution in [1.29, 1.82) is 0 Å². The van der Waals surface area contributed by atoms with Crippen molar-refractivity contribution in [3.05, 3.63) is 34.4 Å². The lowest BCUT2D eigenvalue weighted by Gasteiger charge is -2.30. The first-order valence-electron chi connectivity index (χ1n) is 5.64. The SMILES string of the molecule is CCC(C)(CCO)Nc1cccc([N+](=O)[O-])c1. The summed E-state index contributed by atoms with van der Waals surface area (Å²) in [7, 11) is 0. The Bertz CT molecular complexity index is 395. The molecule has 0 heterocycles. The van der Waals surface area contributed by atoms with Gasteiger partial charge < -0.3 is 10.4 Å². The number of aliphatic hydroxyl groups excluding tert-OH is 1. The molecule has 0 saturated carbocycles. The van der Waals surface area contributed by atoms with Crippen LogP contribution in [0.3, 0.4) is 0 Å². The third-order valence-electron chi connectivity index (χ3n) is 2.95. The van der Waals surface area contributed by atoms with Gasteiger partial charge in [-0.2, -0.15) is 0 Å².